The zero-order valence-electron chi connectivity index (χ0n) is 23.0. The average molecular weight is 610 g/mol. The predicted molar refractivity (Wildman–Crippen MR) is 150 cm³/mol. The number of carboxylic acids is 1. The highest BCUT2D eigenvalue weighted by Gasteiger charge is 2.32. The Hall–Kier alpha value is -3.69. The van der Waals surface area contributed by atoms with E-state index in [9.17, 15) is 27.2 Å². The van der Waals surface area contributed by atoms with E-state index in [1.165, 1.54) is 12.4 Å². The number of anilines is 2. The minimum atomic E-state index is -4.74. The second-order valence-electron chi connectivity index (χ2n) is 9.89. The van der Waals surface area contributed by atoms with Crippen LogP contribution in [0.3, 0.4) is 0 Å². The molecule has 1 atom stereocenters. The number of carbonyl (C=O) groups is 2. The lowest BCUT2D eigenvalue weighted by Gasteiger charge is -2.34. The number of benzene rings is 1. The van der Waals surface area contributed by atoms with Gasteiger partial charge in [0.05, 0.1) is 30.1 Å². The number of hydrogen-bond acceptors (Lipinski definition) is 9. The Kier molecular flexibility index (Phi) is 10.1. The third-order valence-electron chi connectivity index (χ3n) is 6.85. The first kappa shape index (κ1) is 31.3. The Labute approximate surface area is 243 Å². The van der Waals surface area contributed by atoms with E-state index in [2.05, 4.69) is 30.5 Å². The number of aromatic nitrogens is 3. The molecule has 3 aromatic rings. The standard InChI is InChI=1S/C27H31F4N7O3S/c1-3-16(2)32-14-21-24(17-10-18(27(29,30)31)12-19(28)11-17)35-26(42-21)36-25(41)20-13-34-22(15-33-20)38-8-6-37(7-9-38)5-4-23(39)40/h10-13,15-16,32H,3-9,14H2,1-2H3,(H,39,40)(H,35,36,41). The van der Waals surface area contributed by atoms with Gasteiger partial charge in [-0.1, -0.05) is 18.3 Å². The van der Waals surface area contributed by atoms with Gasteiger partial charge in [0.25, 0.3) is 5.91 Å². The number of alkyl halides is 3. The maximum Gasteiger partial charge on any atom is 0.416 e. The molecule has 0 radical (unpaired) electrons. The zero-order chi connectivity index (χ0) is 30.4. The summed E-state index contributed by atoms with van der Waals surface area (Å²) in [5.74, 6) is -1.92. The van der Waals surface area contributed by atoms with Gasteiger partial charge in [0.1, 0.15) is 17.3 Å². The number of aliphatic carboxylic acids is 1. The van der Waals surface area contributed by atoms with Gasteiger partial charge in [0.15, 0.2) is 5.13 Å². The van der Waals surface area contributed by atoms with Crippen LogP contribution in [0.5, 0.6) is 0 Å². The van der Waals surface area contributed by atoms with Gasteiger partial charge in [-0.2, -0.15) is 13.2 Å². The summed E-state index contributed by atoms with van der Waals surface area (Å²) in [5.41, 5.74) is -1.03. The molecule has 1 unspecified atom stereocenters. The molecule has 3 N–H and O–H groups in total. The van der Waals surface area contributed by atoms with Gasteiger partial charge in [-0.15, -0.1) is 0 Å². The highest BCUT2D eigenvalue weighted by molar-refractivity contribution is 7.16. The van der Waals surface area contributed by atoms with E-state index in [0.717, 1.165) is 29.9 Å². The topological polar surface area (TPSA) is 124 Å². The second-order valence-corrected chi connectivity index (χ2v) is 11.0. The number of thiazole rings is 1. The molecule has 1 fully saturated rings. The molecule has 42 heavy (non-hydrogen) atoms. The Balaban J connectivity index is 1.48. The fourth-order valence-corrected chi connectivity index (χ4v) is 5.20. The number of piperazine rings is 1. The maximum atomic E-state index is 14.2. The molecule has 0 aliphatic carbocycles. The van der Waals surface area contributed by atoms with Gasteiger partial charge < -0.3 is 15.3 Å². The summed E-state index contributed by atoms with van der Waals surface area (Å²) in [6, 6.07) is 2.36. The van der Waals surface area contributed by atoms with E-state index in [-0.39, 0.29) is 41.1 Å². The van der Waals surface area contributed by atoms with Gasteiger partial charge in [0.2, 0.25) is 0 Å². The Morgan fingerprint density at radius 3 is 2.48 bits per heavy atom. The van der Waals surface area contributed by atoms with Crippen LogP contribution in [0, 0.1) is 5.82 Å². The summed E-state index contributed by atoms with van der Waals surface area (Å²) >= 11 is 1.07. The summed E-state index contributed by atoms with van der Waals surface area (Å²) in [7, 11) is 0. The first-order valence-electron chi connectivity index (χ1n) is 13.4. The number of carboxylic acid groups (broad SMARTS) is 1. The van der Waals surface area contributed by atoms with Gasteiger partial charge in [-0.3, -0.25) is 19.8 Å². The van der Waals surface area contributed by atoms with Crippen LogP contribution < -0.4 is 15.5 Å². The summed E-state index contributed by atoms with van der Waals surface area (Å²) in [4.78, 5) is 41.2. The Morgan fingerprint density at radius 2 is 1.86 bits per heavy atom. The quantitative estimate of drug-likeness (QED) is 0.270. The monoisotopic (exact) mass is 609 g/mol. The van der Waals surface area contributed by atoms with Crippen LogP contribution in [0.1, 0.15) is 47.6 Å². The van der Waals surface area contributed by atoms with Crippen molar-refractivity contribution in [3.8, 4) is 11.3 Å². The van der Waals surface area contributed by atoms with E-state index in [4.69, 9.17) is 5.11 Å². The van der Waals surface area contributed by atoms with Crippen LogP contribution in [0.2, 0.25) is 0 Å². The van der Waals surface area contributed by atoms with Crippen LogP contribution in [0.25, 0.3) is 11.3 Å². The molecule has 4 rings (SSSR count). The first-order valence-corrected chi connectivity index (χ1v) is 14.2. The van der Waals surface area contributed by atoms with Crippen molar-refractivity contribution < 1.29 is 32.3 Å². The number of halogens is 4. The number of amides is 1. The normalized spacial score (nSPS) is 15.0. The fraction of sp³-hybridized carbons (Fsp3) is 0.444. The minimum Gasteiger partial charge on any atom is -0.481 e. The van der Waals surface area contributed by atoms with Gasteiger partial charge in [-0.05, 0) is 31.5 Å². The highest BCUT2D eigenvalue weighted by atomic mass is 32.1. The largest absolute Gasteiger partial charge is 0.481 e. The van der Waals surface area contributed by atoms with Crippen LogP contribution in [-0.2, 0) is 17.5 Å². The molecule has 1 aromatic carbocycles. The molecule has 0 bridgehead atoms. The zero-order valence-corrected chi connectivity index (χ0v) is 23.9. The fourth-order valence-electron chi connectivity index (χ4n) is 4.27. The van der Waals surface area contributed by atoms with Crippen molar-refractivity contribution >= 4 is 34.2 Å². The molecular weight excluding hydrogens is 578 g/mol. The SMILES string of the molecule is CCC(C)NCc1sc(NC(=O)c2cnc(N3CCN(CCC(=O)O)CC3)cn2)nc1-c1cc(F)cc(C(F)(F)F)c1. The van der Waals surface area contributed by atoms with E-state index in [1.54, 1.807) is 0 Å². The van der Waals surface area contributed by atoms with Crippen molar-refractivity contribution in [1.29, 1.82) is 0 Å². The molecule has 1 amide bonds. The van der Waals surface area contributed by atoms with Crippen molar-refractivity contribution in [2.45, 2.75) is 45.5 Å². The highest BCUT2D eigenvalue weighted by Crippen LogP contribution is 2.36. The molecule has 1 aliphatic rings. The van der Waals surface area contributed by atoms with Gasteiger partial charge in [0, 0.05) is 55.8 Å². The Bertz CT molecular complexity index is 1390. The number of carbonyl (C=O) groups excluding carboxylic acids is 1. The van der Waals surface area contributed by atoms with Crippen LogP contribution in [0.4, 0.5) is 28.5 Å². The number of nitrogens with one attached hydrogen (secondary N) is 2. The van der Waals surface area contributed by atoms with Gasteiger partial charge >= 0.3 is 12.1 Å². The van der Waals surface area contributed by atoms with Crippen LogP contribution in [-0.4, -0.2) is 75.6 Å². The molecule has 15 heteroatoms. The molecule has 1 aliphatic heterocycles. The molecule has 10 nitrogen and oxygen atoms in total. The lowest BCUT2D eigenvalue weighted by atomic mass is 10.1. The number of rotatable bonds is 11. The molecular formula is C27H31F4N7O3S. The van der Waals surface area contributed by atoms with Crippen molar-refractivity contribution in [3.63, 3.8) is 0 Å². The van der Waals surface area contributed by atoms with Crippen molar-refractivity contribution in [2.75, 3.05) is 42.9 Å². The first-order chi connectivity index (χ1) is 19.9. The van der Waals surface area contributed by atoms with E-state index in [1.807, 2.05) is 18.7 Å². The molecule has 0 saturated carbocycles. The van der Waals surface area contributed by atoms with Crippen LogP contribution >= 0.6 is 11.3 Å². The van der Waals surface area contributed by atoms with Crippen molar-refractivity contribution in [1.82, 2.24) is 25.2 Å². The molecule has 3 heterocycles. The van der Waals surface area contributed by atoms with E-state index >= 15 is 0 Å². The summed E-state index contributed by atoms with van der Waals surface area (Å²) < 4.78 is 54.3. The lowest BCUT2D eigenvalue weighted by Crippen LogP contribution is -2.47. The maximum absolute atomic E-state index is 14.2. The molecule has 0 spiro atoms. The third kappa shape index (κ3) is 8.20. The third-order valence-corrected chi connectivity index (χ3v) is 7.82. The minimum absolute atomic E-state index is 0.0139. The smallest absolute Gasteiger partial charge is 0.416 e. The van der Waals surface area contributed by atoms with Gasteiger partial charge in [-0.25, -0.2) is 19.3 Å². The van der Waals surface area contributed by atoms with E-state index < -0.39 is 29.4 Å². The molecule has 1 saturated heterocycles. The summed E-state index contributed by atoms with van der Waals surface area (Å²) in [6.07, 6.45) is -1.05. The summed E-state index contributed by atoms with van der Waals surface area (Å²) in [6.45, 7) is 7.28. The lowest BCUT2D eigenvalue weighted by molar-refractivity contribution is -0.138. The number of nitrogens with zero attached hydrogens (tertiary/aromatic N) is 5. The molecule has 226 valence electrons. The predicted octanol–water partition coefficient (Wildman–Crippen LogP) is 4.50. The molecule has 2 aromatic heterocycles. The number of hydrogen-bond donors (Lipinski definition) is 3. The van der Waals surface area contributed by atoms with E-state index in [0.29, 0.717) is 49.5 Å². The van der Waals surface area contributed by atoms with Crippen molar-refractivity contribution in [2.24, 2.45) is 0 Å². The second kappa shape index (κ2) is 13.5. The summed E-state index contributed by atoms with van der Waals surface area (Å²) in [5, 5.41) is 14.9. The van der Waals surface area contributed by atoms with Crippen molar-refractivity contribution in [3.05, 3.63) is 52.5 Å². The van der Waals surface area contributed by atoms with Crippen LogP contribution in [0.15, 0.2) is 30.6 Å². The Morgan fingerprint density at radius 1 is 1.12 bits per heavy atom. The average Bonchev–Trinajstić information content (AvgIpc) is 3.36.